The number of aromatic nitrogens is 3. The highest BCUT2D eigenvalue weighted by atomic mass is 32.1. The summed E-state index contributed by atoms with van der Waals surface area (Å²) in [6.07, 6.45) is 1.83. The van der Waals surface area contributed by atoms with Gasteiger partial charge in [0, 0.05) is 11.1 Å². The monoisotopic (exact) mass is 302 g/mol. The third kappa shape index (κ3) is 1.98. The molecule has 0 aliphatic rings. The molecule has 0 saturated carbocycles. The van der Waals surface area contributed by atoms with Gasteiger partial charge in [-0.3, -0.25) is 0 Å². The largest absolute Gasteiger partial charge is 0.225 e. The van der Waals surface area contributed by atoms with Gasteiger partial charge in [-0.1, -0.05) is 59.9 Å². The fourth-order valence-electron chi connectivity index (χ4n) is 2.37. The Bertz CT molecular complexity index is 992. The lowest BCUT2D eigenvalue weighted by molar-refractivity contribution is 0.985. The van der Waals surface area contributed by atoms with Crippen LogP contribution in [0, 0.1) is 11.3 Å². The van der Waals surface area contributed by atoms with Crippen LogP contribution in [0.25, 0.3) is 26.8 Å². The Hall–Kier alpha value is -2.97. The number of imidazole rings is 1. The summed E-state index contributed by atoms with van der Waals surface area (Å²) in [5.41, 5.74) is 3.49. The van der Waals surface area contributed by atoms with Crippen molar-refractivity contribution in [3.63, 3.8) is 0 Å². The molecule has 4 rings (SSSR count). The van der Waals surface area contributed by atoms with Gasteiger partial charge in [0.2, 0.25) is 4.96 Å². The SMILES string of the molecule is N#Cc1ccccc1-c1nn2c(-c3ccccc3)cnc2s1. The Labute approximate surface area is 130 Å². The van der Waals surface area contributed by atoms with Crippen LogP contribution in [0.1, 0.15) is 5.56 Å². The maximum Gasteiger partial charge on any atom is 0.213 e. The van der Waals surface area contributed by atoms with Gasteiger partial charge in [-0.2, -0.15) is 10.4 Å². The number of benzene rings is 2. The molecule has 0 bridgehead atoms. The van der Waals surface area contributed by atoms with Crippen LogP contribution in [0.5, 0.6) is 0 Å². The molecule has 0 aliphatic heterocycles. The number of fused-ring (bicyclic) bond motifs is 1. The van der Waals surface area contributed by atoms with Crippen molar-refractivity contribution in [3.8, 4) is 27.9 Å². The van der Waals surface area contributed by atoms with Crippen LogP contribution < -0.4 is 0 Å². The summed E-state index contributed by atoms with van der Waals surface area (Å²) in [4.78, 5) is 5.25. The van der Waals surface area contributed by atoms with Gasteiger partial charge in [-0.05, 0) is 6.07 Å². The zero-order chi connectivity index (χ0) is 14.9. The van der Waals surface area contributed by atoms with E-state index in [1.54, 1.807) is 6.07 Å². The van der Waals surface area contributed by atoms with Gasteiger partial charge in [-0.15, -0.1) is 0 Å². The van der Waals surface area contributed by atoms with E-state index in [2.05, 4.69) is 16.2 Å². The second-order valence-electron chi connectivity index (χ2n) is 4.77. The average Bonchev–Trinajstić information content (AvgIpc) is 3.16. The Morgan fingerprint density at radius 1 is 1.00 bits per heavy atom. The summed E-state index contributed by atoms with van der Waals surface area (Å²) in [5.74, 6) is 0. The highest BCUT2D eigenvalue weighted by Crippen LogP contribution is 2.30. The van der Waals surface area contributed by atoms with E-state index in [1.807, 2.05) is 59.2 Å². The molecule has 104 valence electrons. The van der Waals surface area contributed by atoms with Gasteiger partial charge < -0.3 is 0 Å². The number of hydrogen-bond acceptors (Lipinski definition) is 4. The lowest BCUT2D eigenvalue weighted by atomic mass is 10.1. The van der Waals surface area contributed by atoms with Crippen LogP contribution in [-0.4, -0.2) is 14.6 Å². The smallest absolute Gasteiger partial charge is 0.213 e. The lowest BCUT2D eigenvalue weighted by Crippen LogP contribution is -1.90. The summed E-state index contributed by atoms with van der Waals surface area (Å²) in [6, 6.07) is 19.7. The molecule has 4 aromatic rings. The minimum Gasteiger partial charge on any atom is -0.225 e. The summed E-state index contributed by atoms with van der Waals surface area (Å²) in [5, 5.41) is 14.7. The first-order chi connectivity index (χ1) is 10.9. The summed E-state index contributed by atoms with van der Waals surface area (Å²) in [7, 11) is 0. The van der Waals surface area contributed by atoms with Gasteiger partial charge in [-0.25, -0.2) is 9.50 Å². The van der Waals surface area contributed by atoms with Gasteiger partial charge in [0.05, 0.1) is 23.5 Å². The van der Waals surface area contributed by atoms with Crippen LogP contribution in [0.2, 0.25) is 0 Å². The predicted octanol–water partition coefficient (Wildman–Crippen LogP) is 4.00. The molecule has 0 radical (unpaired) electrons. The molecule has 0 spiro atoms. The van der Waals surface area contributed by atoms with Crippen LogP contribution in [-0.2, 0) is 0 Å². The van der Waals surface area contributed by atoms with Crippen molar-refractivity contribution >= 4 is 16.3 Å². The molecule has 0 atom stereocenters. The van der Waals surface area contributed by atoms with Crippen molar-refractivity contribution in [2.45, 2.75) is 0 Å². The van der Waals surface area contributed by atoms with E-state index >= 15 is 0 Å². The first-order valence-corrected chi connectivity index (χ1v) is 7.58. The molecule has 22 heavy (non-hydrogen) atoms. The van der Waals surface area contributed by atoms with Crippen LogP contribution in [0.3, 0.4) is 0 Å². The number of rotatable bonds is 2. The summed E-state index contributed by atoms with van der Waals surface area (Å²) in [6.45, 7) is 0. The topological polar surface area (TPSA) is 54.0 Å². The molecule has 0 fully saturated rings. The molecule has 0 aliphatic carbocycles. The zero-order valence-electron chi connectivity index (χ0n) is 11.5. The second-order valence-corrected chi connectivity index (χ2v) is 5.72. The van der Waals surface area contributed by atoms with Crippen molar-refractivity contribution in [1.82, 2.24) is 14.6 Å². The third-order valence-electron chi connectivity index (χ3n) is 3.43. The molecule has 0 saturated heterocycles. The molecular formula is C17H10N4S. The van der Waals surface area contributed by atoms with Gasteiger partial charge in [0.25, 0.3) is 0 Å². The maximum atomic E-state index is 9.24. The van der Waals surface area contributed by atoms with E-state index in [-0.39, 0.29) is 0 Å². The fourth-order valence-corrected chi connectivity index (χ4v) is 3.29. The first-order valence-electron chi connectivity index (χ1n) is 6.76. The number of hydrogen-bond donors (Lipinski definition) is 0. The van der Waals surface area contributed by atoms with Crippen molar-refractivity contribution < 1.29 is 0 Å². The molecule has 2 heterocycles. The number of nitriles is 1. The molecule has 2 aromatic carbocycles. The fraction of sp³-hybridized carbons (Fsp3) is 0. The van der Waals surface area contributed by atoms with Crippen molar-refractivity contribution in [1.29, 1.82) is 5.26 Å². The lowest BCUT2D eigenvalue weighted by Gasteiger charge is -1.99. The Balaban J connectivity index is 1.90. The molecule has 0 unspecified atom stereocenters. The van der Waals surface area contributed by atoms with E-state index in [0.29, 0.717) is 5.56 Å². The molecule has 0 amide bonds. The van der Waals surface area contributed by atoms with Gasteiger partial charge in [0.1, 0.15) is 5.01 Å². The molecule has 5 heteroatoms. The van der Waals surface area contributed by atoms with Gasteiger partial charge >= 0.3 is 0 Å². The van der Waals surface area contributed by atoms with Crippen molar-refractivity contribution in [2.24, 2.45) is 0 Å². The number of nitrogens with zero attached hydrogens (tertiary/aromatic N) is 4. The van der Waals surface area contributed by atoms with Crippen LogP contribution in [0.4, 0.5) is 0 Å². The Kier molecular flexibility index (Phi) is 2.95. The molecule has 0 N–H and O–H groups in total. The third-order valence-corrected chi connectivity index (χ3v) is 4.39. The van der Waals surface area contributed by atoms with Crippen molar-refractivity contribution in [3.05, 3.63) is 66.4 Å². The highest BCUT2D eigenvalue weighted by molar-refractivity contribution is 7.19. The van der Waals surface area contributed by atoms with E-state index in [4.69, 9.17) is 0 Å². The van der Waals surface area contributed by atoms with E-state index in [1.165, 1.54) is 11.3 Å². The summed E-state index contributed by atoms with van der Waals surface area (Å²) < 4.78 is 1.84. The molecule has 2 aromatic heterocycles. The van der Waals surface area contributed by atoms with Crippen LogP contribution >= 0.6 is 11.3 Å². The Morgan fingerprint density at radius 3 is 2.59 bits per heavy atom. The standard InChI is InChI=1S/C17H10N4S/c18-10-13-8-4-5-9-14(13)16-20-21-15(11-19-17(21)22-16)12-6-2-1-3-7-12/h1-9,11H. The average molecular weight is 302 g/mol. The normalized spacial score (nSPS) is 10.7. The minimum absolute atomic E-state index is 0.626. The maximum absolute atomic E-state index is 9.24. The first kappa shape index (κ1) is 12.7. The molecule has 4 nitrogen and oxygen atoms in total. The van der Waals surface area contributed by atoms with Crippen molar-refractivity contribution in [2.75, 3.05) is 0 Å². The minimum atomic E-state index is 0.626. The quantitative estimate of drug-likeness (QED) is 0.562. The van der Waals surface area contributed by atoms with E-state index < -0.39 is 0 Å². The summed E-state index contributed by atoms with van der Waals surface area (Å²) >= 11 is 1.49. The Morgan fingerprint density at radius 2 is 1.77 bits per heavy atom. The highest BCUT2D eigenvalue weighted by Gasteiger charge is 2.14. The second kappa shape index (κ2) is 5.10. The van der Waals surface area contributed by atoms with Crippen LogP contribution in [0.15, 0.2) is 60.8 Å². The molecular weight excluding hydrogens is 292 g/mol. The van der Waals surface area contributed by atoms with E-state index in [9.17, 15) is 5.26 Å². The zero-order valence-corrected chi connectivity index (χ0v) is 12.3. The van der Waals surface area contributed by atoms with E-state index in [0.717, 1.165) is 26.8 Å². The predicted molar refractivity (Wildman–Crippen MR) is 86.5 cm³/mol. The van der Waals surface area contributed by atoms with Gasteiger partial charge in [0.15, 0.2) is 0 Å².